The van der Waals surface area contributed by atoms with Gasteiger partial charge in [0, 0.05) is 36.8 Å². The summed E-state index contributed by atoms with van der Waals surface area (Å²) in [6, 6.07) is 10.5. The van der Waals surface area contributed by atoms with Crippen LogP contribution in [0.1, 0.15) is 47.3 Å². The molecule has 0 radical (unpaired) electrons. The van der Waals surface area contributed by atoms with Crippen molar-refractivity contribution in [2.24, 2.45) is 12.5 Å². The highest BCUT2D eigenvalue weighted by atomic mass is 16.5. The Hall–Kier alpha value is -3.39. The van der Waals surface area contributed by atoms with E-state index < -0.39 is 5.97 Å². The number of hydrogen-bond donors (Lipinski definition) is 2. The first-order chi connectivity index (χ1) is 16.3. The van der Waals surface area contributed by atoms with E-state index in [1.165, 1.54) is 0 Å². The number of benzene rings is 2. The van der Waals surface area contributed by atoms with E-state index in [0.29, 0.717) is 22.5 Å². The van der Waals surface area contributed by atoms with E-state index >= 15 is 0 Å². The van der Waals surface area contributed by atoms with Crippen molar-refractivity contribution < 1.29 is 14.6 Å². The molecule has 2 N–H and O–H groups in total. The molecule has 0 bridgehead atoms. The molecule has 1 aromatic heterocycles. The van der Waals surface area contributed by atoms with Crippen LogP contribution in [0.5, 0.6) is 0 Å². The lowest BCUT2D eigenvalue weighted by Crippen LogP contribution is -2.55. The summed E-state index contributed by atoms with van der Waals surface area (Å²) in [6.07, 6.45) is 2.18. The van der Waals surface area contributed by atoms with Crippen molar-refractivity contribution in [2.45, 2.75) is 32.7 Å². The first-order valence-electron chi connectivity index (χ1n) is 11.7. The molecule has 2 aliphatic rings. The molecule has 1 spiro atoms. The molecule has 2 aliphatic heterocycles. The van der Waals surface area contributed by atoms with Crippen LogP contribution in [0.3, 0.4) is 0 Å². The van der Waals surface area contributed by atoms with Crippen molar-refractivity contribution in [1.82, 2.24) is 9.55 Å². The summed E-state index contributed by atoms with van der Waals surface area (Å²) in [7, 11) is 1.79. The molecule has 8 heteroatoms. The summed E-state index contributed by atoms with van der Waals surface area (Å²) in [5.74, 6) is -0.315. The molecular weight excluding hydrogens is 432 g/mol. The predicted octanol–water partition coefficient (Wildman–Crippen LogP) is 3.73. The number of aromatic carboxylic acids is 1. The van der Waals surface area contributed by atoms with Crippen LogP contribution in [0.15, 0.2) is 41.2 Å². The van der Waals surface area contributed by atoms with E-state index in [-0.39, 0.29) is 22.6 Å². The van der Waals surface area contributed by atoms with E-state index in [4.69, 9.17) is 9.72 Å². The lowest BCUT2D eigenvalue weighted by molar-refractivity contribution is -0.118. The Morgan fingerprint density at radius 1 is 1.26 bits per heavy atom. The molecule has 0 aliphatic carbocycles. The van der Waals surface area contributed by atoms with E-state index in [1.54, 1.807) is 35.9 Å². The van der Waals surface area contributed by atoms with Crippen LogP contribution in [0.25, 0.3) is 10.9 Å². The zero-order valence-electron chi connectivity index (χ0n) is 19.8. The highest BCUT2D eigenvalue weighted by Crippen LogP contribution is 2.38. The number of nitrogens with one attached hydrogen (secondary N) is 1. The zero-order valence-corrected chi connectivity index (χ0v) is 19.8. The Morgan fingerprint density at radius 3 is 2.74 bits per heavy atom. The molecule has 2 aromatic carbocycles. The van der Waals surface area contributed by atoms with Crippen molar-refractivity contribution >= 4 is 28.5 Å². The molecule has 0 saturated carbocycles. The maximum Gasteiger partial charge on any atom is 0.337 e. The van der Waals surface area contributed by atoms with E-state index in [0.717, 1.165) is 50.3 Å². The number of anilines is 2. The van der Waals surface area contributed by atoms with E-state index in [2.05, 4.69) is 10.2 Å². The van der Waals surface area contributed by atoms with Gasteiger partial charge in [-0.2, -0.15) is 0 Å². The van der Waals surface area contributed by atoms with Gasteiger partial charge in [-0.1, -0.05) is 18.2 Å². The third-order valence-corrected chi connectivity index (χ3v) is 7.09. The van der Waals surface area contributed by atoms with E-state index in [1.807, 2.05) is 26.0 Å². The molecule has 2 saturated heterocycles. The number of para-hydroxylation sites is 1. The van der Waals surface area contributed by atoms with Gasteiger partial charge in [-0.3, -0.25) is 9.36 Å². The number of carbonyl (C=O) groups is 1. The largest absolute Gasteiger partial charge is 0.478 e. The second kappa shape index (κ2) is 8.43. The van der Waals surface area contributed by atoms with Crippen LogP contribution in [-0.2, 0) is 11.8 Å². The monoisotopic (exact) mass is 462 g/mol. The fraction of sp³-hybridized carbons (Fsp3) is 0.423. The van der Waals surface area contributed by atoms with Gasteiger partial charge in [0.15, 0.2) is 0 Å². The van der Waals surface area contributed by atoms with Gasteiger partial charge in [-0.25, -0.2) is 9.78 Å². The molecular formula is C26H30N4O4. The second-order valence-corrected chi connectivity index (χ2v) is 9.76. The first-order valence-corrected chi connectivity index (χ1v) is 11.7. The Morgan fingerprint density at radius 2 is 2.03 bits per heavy atom. The molecule has 2 fully saturated rings. The Labute approximate surface area is 198 Å². The number of fused-ring (bicyclic) bond motifs is 1. The standard InChI is InChI=1S/C26H30N4O4/c1-16-11-19(17(2)27-21-8-5-4-7-18(21)24(32)33)22-20(12-16)23(31)29(3)25(28-22)30-10-6-9-26(13-30)14-34-15-26/h4-5,7-8,11-12,17,27H,6,9-10,13-15H2,1-3H3,(H,32,33). The highest BCUT2D eigenvalue weighted by Gasteiger charge is 2.43. The fourth-order valence-corrected chi connectivity index (χ4v) is 5.27. The van der Waals surface area contributed by atoms with Crippen LogP contribution < -0.4 is 15.8 Å². The Balaban J connectivity index is 1.58. The van der Waals surface area contributed by atoms with Gasteiger partial charge in [0.25, 0.3) is 5.56 Å². The molecule has 5 rings (SSSR count). The average Bonchev–Trinajstić information content (AvgIpc) is 2.80. The van der Waals surface area contributed by atoms with Crippen LogP contribution in [0, 0.1) is 12.3 Å². The number of aromatic nitrogens is 2. The lowest BCUT2D eigenvalue weighted by Gasteiger charge is -2.48. The van der Waals surface area contributed by atoms with Gasteiger partial charge in [-0.15, -0.1) is 0 Å². The smallest absolute Gasteiger partial charge is 0.337 e. The Bertz CT molecular complexity index is 1330. The number of piperidine rings is 1. The number of hydrogen-bond acceptors (Lipinski definition) is 6. The predicted molar refractivity (Wildman–Crippen MR) is 132 cm³/mol. The van der Waals surface area contributed by atoms with Crippen LogP contribution >= 0.6 is 0 Å². The number of rotatable bonds is 5. The molecule has 1 atom stereocenters. The van der Waals surface area contributed by atoms with Crippen molar-refractivity contribution in [1.29, 1.82) is 0 Å². The molecule has 3 heterocycles. The van der Waals surface area contributed by atoms with Crippen molar-refractivity contribution in [3.05, 3.63) is 63.4 Å². The maximum atomic E-state index is 13.4. The summed E-state index contributed by atoms with van der Waals surface area (Å²) < 4.78 is 7.16. The zero-order chi connectivity index (χ0) is 24.0. The van der Waals surface area contributed by atoms with E-state index in [9.17, 15) is 14.7 Å². The fourth-order valence-electron chi connectivity index (χ4n) is 5.27. The maximum absolute atomic E-state index is 13.4. The SMILES string of the molecule is Cc1cc(C(C)Nc2ccccc2C(=O)O)c2nc(N3CCCC4(COC4)C3)n(C)c(=O)c2c1. The lowest BCUT2D eigenvalue weighted by atomic mass is 9.78. The third-order valence-electron chi connectivity index (χ3n) is 7.09. The first kappa shape index (κ1) is 22.4. The van der Waals surface area contributed by atoms with Crippen LogP contribution in [0.2, 0.25) is 0 Å². The second-order valence-electron chi connectivity index (χ2n) is 9.76. The summed E-state index contributed by atoms with van der Waals surface area (Å²) in [5.41, 5.74) is 3.30. The van der Waals surface area contributed by atoms with Gasteiger partial charge >= 0.3 is 5.97 Å². The summed E-state index contributed by atoms with van der Waals surface area (Å²) in [5, 5.41) is 13.5. The quantitative estimate of drug-likeness (QED) is 0.596. The highest BCUT2D eigenvalue weighted by molar-refractivity contribution is 5.94. The van der Waals surface area contributed by atoms with Crippen LogP contribution in [-0.4, -0.2) is 46.9 Å². The summed E-state index contributed by atoms with van der Waals surface area (Å²) in [4.78, 5) is 32.4. The normalized spacial score (nSPS) is 18.0. The summed E-state index contributed by atoms with van der Waals surface area (Å²) >= 11 is 0. The number of nitrogens with zero attached hydrogens (tertiary/aromatic N) is 3. The average molecular weight is 463 g/mol. The topological polar surface area (TPSA) is 96.7 Å². The number of carboxylic acids is 1. The molecule has 1 unspecified atom stereocenters. The van der Waals surface area contributed by atoms with Crippen molar-refractivity contribution in [3.63, 3.8) is 0 Å². The van der Waals surface area contributed by atoms with Gasteiger partial charge in [0.2, 0.25) is 5.95 Å². The van der Waals surface area contributed by atoms with Gasteiger partial charge in [-0.05, 0) is 50.5 Å². The van der Waals surface area contributed by atoms with Crippen molar-refractivity contribution in [2.75, 3.05) is 36.5 Å². The Kier molecular flexibility index (Phi) is 5.56. The molecule has 0 amide bonds. The molecule has 3 aromatic rings. The van der Waals surface area contributed by atoms with Crippen LogP contribution in [0.4, 0.5) is 11.6 Å². The van der Waals surface area contributed by atoms with Crippen molar-refractivity contribution in [3.8, 4) is 0 Å². The third kappa shape index (κ3) is 3.81. The number of aryl methyl sites for hydroxylation is 1. The molecule has 178 valence electrons. The minimum absolute atomic E-state index is 0.0763. The molecule has 8 nitrogen and oxygen atoms in total. The molecule has 34 heavy (non-hydrogen) atoms. The minimum Gasteiger partial charge on any atom is -0.478 e. The van der Waals surface area contributed by atoms with Gasteiger partial charge in [0.05, 0.1) is 35.7 Å². The number of carboxylic acid groups (broad SMARTS) is 1. The summed E-state index contributed by atoms with van der Waals surface area (Å²) in [6.45, 7) is 7.14. The van der Waals surface area contributed by atoms with Gasteiger partial charge < -0.3 is 20.1 Å². The number of ether oxygens (including phenoxy) is 1. The van der Waals surface area contributed by atoms with Gasteiger partial charge in [0.1, 0.15) is 0 Å². The minimum atomic E-state index is -0.988.